The fourth-order valence-electron chi connectivity index (χ4n) is 1.36. The van der Waals surface area contributed by atoms with Crippen molar-refractivity contribution in [2.45, 2.75) is 26.3 Å². The van der Waals surface area contributed by atoms with Gasteiger partial charge in [0.25, 0.3) is 5.69 Å². The molecule has 88 valence electrons. The minimum absolute atomic E-state index is 0.107. The fraction of sp³-hybridized carbons (Fsp3) is 0.455. The van der Waals surface area contributed by atoms with Gasteiger partial charge in [-0.1, -0.05) is 6.92 Å². The zero-order valence-electron chi connectivity index (χ0n) is 9.56. The number of nitro groups is 1. The molecule has 0 aliphatic heterocycles. The van der Waals surface area contributed by atoms with Crippen molar-refractivity contribution in [2.75, 3.05) is 11.9 Å². The van der Waals surface area contributed by atoms with Crippen molar-refractivity contribution in [3.63, 3.8) is 0 Å². The second kappa shape index (κ2) is 5.46. The Kier molecular flexibility index (Phi) is 4.25. The predicted molar refractivity (Wildman–Crippen MR) is 64.6 cm³/mol. The van der Waals surface area contributed by atoms with E-state index in [0.717, 1.165) is 12.1 Å². The second-order valence-corrected chi connectivity index (χ2v) is 3.81. The Morgan fingerprint density at radius 2 is 2.25 bits per heavy atom. The molecule has 0 fully saturated rings. The first kappa shape index (κ1) is 12.4. The lowest BCUT2D eigenvalue weighted by atomic mass is 10.1. The number of nitrogens with one attached hydrogen (secondary N) is 1. The normalized spacial score (nSPS) is 12.2. The molecule has 0 aliphatic rings. The van der Waals surface area contributed by atoms with Crippen molar-refractivity contribution >= 4 is 11.4 Å². The van der Waals surface area contributed by atoms with Gasteiger partial charge in [0, 0.05) is 29.9 Å². The van der Waals surface area contributed by atoms with Crippen molar-refractivity contribution < 1.29 is 4.92 Å². The van der Waals surface area contributed by atoms with Crippen LogP contribution in [0.15, 0.2) is 18.2 Å². The minimum atomic E-state index is -0.378. The Morgan fingerprint density at radius 1 is 1.56 bits per heavy atom. The molecule has 0 saturated heterocycles. The molecule has 0 aliphatic carbocycles. The third-order valence-corrected chi connectivity index (χ3v) is 2.49. The molecule has 1 atom stereocenters. The van der Waals surface area contributed by atoms with Gasteiger partial charge in [-0.05, 0) is 25.5 Å². The summed E-state index contributed by atoms with van der Waals surface area (Å²) in [7, 11) is 0. The topological polar surface area (TPSA) is 81.2 Å². The Labute approximate surface area is 94.8 Å². The first-order chi connectivity index (χ1) is 7.54. The predicted octanol–water partition coefficient (Wildman–Crippen LogP) is 2.05. The Morgan fingerprint density at radius 3 is 2.75 bits per heavy atom. The van der Waals surface area contributed by atoms with E-state index in [9.17, 15) is 10.1 Å². The summed E-state index contributed by atoms with van der Waals surface area (Å²) in [5.41, 5.74) is 7.43. The van der Waals surface area contributed by atoms with Crippen molar-refractivity contribution in [1.29, 1.82) is 0 Å². The van der Waals surface area contributed by atoms with Crippen LogP contribution in [0.1, 0.15) is 18.9 Å². The molecule has 0 spiro atoms. The van der Waals surface area contributed by atoms with Crippen LogP contribution in [-0.2, 0) is 0 Å². The van der Waals surface area contributed by atoms with Gasteiger partial charge in [0.15, 0.2) is 0 Å². The van der Waals surface area contributed by atoms with Crippen LogP contribution < -0.4 is 11.1 Å². The number of nitrogens with two attached hydrogens (primary N) is 1. The minimum Gasteiger partial charge on any atom is -0.383 e. The SMILES string of the molecule is CCC(N)CNc1ccc([N+](=O)[O-])c(C)c1. The number of rotatable bonds is 5. The van der Waals surface area contributed by atoms with E-state index in [1.807, 2.05) is 6.92 Å². The van der Waals surface area contributed by atoms with E-state index in [2.05, 4.69) is 5.32 Å². The van der Waals surface area contributed by atoms with Crippen molar-refractivity contribution in [3.05, 3.63) is 33.9 Å². The van der Waals surface area contributed by atoms with E-state index in [4.69, 9.17) is 5.73 Å². The Balaban J connectivity index is 2.70. The maximum absolute atomic E-state index is 10.6. The molecule has 5 heteroatoms. The molecular formula is C11H17N3O2. The van der Waals surface area contributed by atoms with Gasteiger partial charge >= 0.3 is 0 Å². The highest BCUT2D eigenvalue weighted by molar-refractivity contribution is 5.53. The number of nitro benzene ring substituents is 1. The van der Waals surface area contributed by atoms with Gasteiger partial charge in [-0.15, -0.1) is 0 Å². The van der Waals surface area contributed by atoms with Gasteiger partial charge in [-0.2, -0.15) is 0 Å². The third-order valence-electron chi connectivity index (χ3n) is 2.49. The highest BCUT2D eigenvalue weighted by atomic mass is 16.6. The molecule has 1 rings (SSSR count). The molecule has 3 N–H and O–H groups in total. The molecule has 1 aromatic carbocycles. The summed E-state index contributed by atoms with van der Waals surface area (Å²) in [5.74, 6) is 0. The average Bonchev–Trinajstić information content (AvgIpc) is 2.25. The lowest BCUT2D eigenvalue weighted by Crippen LogP contribution is -2.27. The van der Waals surface area contributed by atoms with Crippen molar-refractivity contribution in [3.8, 4) is 0 Å². The Bertz CT molecular complexity index is 379. The number of benzene rings is 1. The maximum atomic E-state index is 10.6. The summed E-state index contributed by atoms with van der Waals surface area (Å²) < 4.78 is 0. The molecule has 0 saturated carbocycles. The first-order valence-electron chi connectivity index (χ1n) is 5.29. The average molecular weight is 223 g/mol. The summed E-state index contributed by atoms with van der Waals surface area (Å²) in [4.78, 5) is 10.2. The van der Waals surface area contributed by atoms with Gasteiger partial charge in [-0.25, -0.2) is 0 Å². The smallest absolute Gasteiger partial charge is 0.272 e. The standard InChI is InChI=1S/C11H17N3O2/c1-3-9(12)7-13-10-4-5-11(14(15)16)8(2)6-10/h4-6,9,13H,3,7,12H2,1-2H3. The molecule has 5 nitrogen and oxygen atoms in total. The van der Waals surface area contributed by atoms with Gasteiger partial charge in [0.2, 0.25) is 0 Å². The van der Waals surface area contributed by atoms with Gasteiger partial charge < -0.3 is 11.1 Å². The monoisotopic (exact) mass is 223 g/mol. The number of nitrogens with zero attached hydrogens (tertiary/aromatic N) is 1. The lowest BCUT2D eigenvalue weighted by molar-refractivity contribution is -0.385. The summed E-state index contributed by atoms with van der Waals surface area (Å²) in [6.07, 6.45) is 0.902. The third kappa shape index (κ3) is 3.20. The van der Waals surface area contributed by atoms with Gasteiger partial charge in [0.05, 0.1) is 4.92 Å². The van der Waals surface area contributed by atoms with E-state index >= 15 is 0 Å². The molecule has 16 heavy (non-hydrogen) atoms. The second-order valence-electron chi connectivity index (χ2n) is 3.81. The molecule has 0 bridgehead atoms. The number of anilines is 1. The zero-order chi connectivity index (χ0) is 12.1. The Hall–Kier alpha value is -1.62. The highest BCUT2D eigenvalue weighted by Crippen LogP contribution is 2.21. The fourth-order valence-corrected chi connectivity index (χ4v) is 1.36. The highest BCUT2D eigenvalue weighted by Gasteiger charge is 2.10. The van der Waals surface area contributed by atoms with E-state index in [1.165, 1.54) is 6.07 Å². The van der Waals surface area contributed by atoms with E-state index in [1.54, 1.807) is 19.1 Å². The molecule has 1 aromatic rings. The van der Waals surface area contributed by atoms with Crippen LogP contribution in [0.4, 0.5) is 11.4 Å². The largest absolute Gasteiger partial charge is 0.383 e. The van der Waals surface area contributed by atoms with Gasteiger partial charge in [-0.3, -0.25) is 10.1 Å². The van der Waals surface area contributed by atoms with Crippen LogP contribution in [0.3, 0.4) is 0 Å². The first-order valence-corrected chi connectivity index (χ1v) is 5.29. The molecule has 0 heterocycles. The number of hydrogen-bond donors (Lipinski definition) is 2. The number of aryl methyl sites for hydroxylation is 1. The molecule has 1 unspecified atom stereocenters. The molecule has 0 radical (unpaired) electrons. The summed E-state index contributed by atoms with van der Waals surface area (Å²) in [6, 6.07) is 5.08. The van der Waals surface area contributed by atoms with Crippen LogP contribution in [0.25, 0.3) is 0 Å². The summed E-state index contributed by atoms with van der Waals surface area (Å²) in [6.45, 7) is 4.42. The summed E-state index contributed by atoms with van der Waals surface area (Å²) >= 11 is 0. The molecular weight excluding hydrogens is 206 g/mol. The van der Waals surface area contributed by atoms with Crippen molar-refractivity contribution in [2.24, 2.45) is 5.73 Å². The zero-order valence-corrected chi connectivity index (χ0v) is 9.56. The van der Waals surface area contributed by atoms with E-state index in [-0.39, 0.29) is 16.7 Å². The van der Waals surface area contributed by atoms with Crippen LogP contribution in [0.5, 0.6) is 0 Å². The van der Waals surface area contributed by atoms with Crippen LogP contribution in [0, 0.1) is 17.0 Å². The van der Waals surface area contributed by atoms with Gasteiger partial charge in [0.1, 0.15) is 0 Å². The quantitative estimate of drug-likeness (QED) is 0.591. The summed E-state index contributed by atoms with van der Waals surface area (Å²) in [5, 5.41) is 13.8. The van der Waals surface area contributed by atoms with Crippen LogP contribution >= 0.6 is 0 Å². The molecule has 0 aromatic heterocycles. The van der Waals surface area contributed by atoms with E-state index in [0.29, 0.717) is 12.1 Å². The molecule has 0 amide bonds. The van der Waals surface area contributed by atoms with E-state index < -0.39 is 0 Å². The number of hydrogen-bond acceptors (Lipinski definition) is 4. The van der Waals surface area contributed by atoms with Crippen molar-refractivity contribution in [1.82, 2.24) is 0 Å². The lowest BCUT2D eigenvalue weighted by Gasteiger charge is -2.11. The van der Waals surface area contributed by atoms with Crippen LogP contribution in [-0.4, -0.2) is 17.5 Å². The maximum Gasteiger partial charge on any atom is 0.272 e. The van der Waals surface area contributed by atoms with Crippen LogP contribution in [0.2, 0.25) is 0 Å².